The smallest absolute Gasteiger partial charge is 0.257 e. The van der Waals surface area contributed by atoms with Crippen molar-refractivity contribution in [3.63, 3.8) is 0 Å². The van der Waals surface area contributed by atoms with Crippen molar-refractivity contribution in [3.05, 3.63) is 59.7 Å². The predicted molar refractivity (Wildman–Crippen MR) is 127 cm³/mol. The fraction of sp³-hybridized carbons (Fsp3) is 0.304. The van der Waals surface area contributed by atoms with Crippen molar-refractivity contribution >= 4 is 21.3 Å². The number of benzene rings is 1. The van der Waals surface area contributed by atoms with Gasteiger partial charge in [-0.15, -0.1) is 0 Å². The minimum absolute atomic E-state index is 0.254. The Hall–Kier alpha value is -3.40. The van der Waals surface area contributed by atoms with E-state index in [1.54, 1.807) is 37.3 Å². The molecule has 0 radical (unpaired) electrons. The molecule has 0 aliphatic carbocycles. The van der Waals surface area contributed by atoms with Crippen molar-refractivity contribution in [2.45, 2.75) is 19.9 Å². The number of nitrogens with zero attached hydrogens (tertiary/aromatic N) is 2. The monoisotopic (exact) mass is 474 g/mol. The quantitative estimate of drug-likeness (QED) is 0.481. The number of nitrogen functional groups attached to an aromatic ring is 1. The second-order valence-corrected chi connectivity index (χ2v) is 9.69. The van der Waals surface area contributed by atoms with Crippen molar-refractivity contribution in [3.8, 4) is 22.8 Å². The number of sulfone groups is 1. The molecule has 0 fully saturated rings. The molecule has 3 N–H and O–H groups in total. The highest BCUT2D eigenvalue weighted by Gasteiger charge is 2.23. The Morgan fingerprint density at radius 2 is 1.91 bits per heavy atom. The molecule has 1 aromatic carbocycles. The third-order valence-corrected chi connectivity index (χ3v) is 5.97. The first-order valence-electron chi connectivity index (χ1n) is 10.3. The molecule has 0 amide bonds. The Kier molecular flexibility index (Phi) is 7.37. The first-order chi connectivity index (χ1) is 15.6. The minimum atomic E-state index is -3.40. The molecule has 8 nitrogen and oxygen atoms in total. The molecule has 1 atom stereocenters. The Labute approximate surface area is 192 Å². The Bertz CT molecular complexity index is 1250. The summed E-state index contributed by atoms with van der Waals surface area (Å²) < 4.78 is 49.4. The molecular weight excluding hydrogens is 447 g/mol. The van der Waals surface area contributed by atoms with E-state index in [9.17, 15) is 12.8 Å². The fourth-order valence-electron chi connectivity index (χ4n) is 3.38. The number of ether oxygens (including phenoxy) is 2. The third kappa shape index (κ3) is 5.70. The van der Waals surface area contributed by atoms with E-state index in [0.29, 0.717) is 34.7 Å². The zero-order valence-electron chi connectivity index (χ0n) is 18.9. The number of halogens is 1. The van der Waals surface area contributed by atoms with Gasteiger partial charge in [0.15, 0.2) is 5.75 Å². The number of aromatic nitrogens is 2. The van der Waals surface area contributed by atoms with E-state index in [0.717, 1.165) is 6.26 Å². The van der Waals surface area contributed by atoms with Gasteiger partial charge in [-0.05, 0) is 37.6 Å². The highest BCUT2D eigenvalue weighted by Crippen LogP contribution is 2.34. The molecule has 3 rings (SSSR count). The molecule has 33 heavy (non-hydrogen) atoms. The molecule has 0 aliphatic rings. The minimum Gasteiger partial charge on any atom is -0.491 e. The summed E-state index contributed by atoms with van der Waals surface area (Å²) in [5.74, 6) is 0.319. The number of nitrogens with two attached hydrogens (primary N) is 1. The summed E-state index contributed by atoms with van der Waals surface area (Å²) >= 11 is 0. The van der Waals surface area contributed by atoms with Crippen LogP contribution in [0.4, 0.5) is 15.9 Å². The van der Waals surface area contributed by atoms with E-state index < -0.39 is 15.9 Å². The molecule has 0 saturated carbocycles. The van der Waals surface area contributed by atoms with Gasteiger partial charge in [-0.25, -0.2) is 22.8 Å². The Balaban J connectivity index is 2.02. The van der Waals surface area contributed by atoms with Crippen molar-refractivity contribution in [1.82, 2.24) is 9.97 Å². The van der Waals surface area contributed by atoms with Gasteiger partial charge >= 0.3 is 0 Å². The zero-order valence-corrected chi connectivity index (χ0v) is 19.7. The largest absolute Gasteiger partial charge is 0.491 e. The van der Waals surface area contributed by atoms with Gasteiger partial charge in [-0.3, -0.25) is 0 Å². The Morgan fingerprint density at radius 1 is 1.18 bits per heavy atom. The van der Waals surface area contributed by atoms with Crippen LogP contribution < -0.4 is 20.5 Å². The number of pyridine rings is 2. The zero-order chi connectivity index (χ0) is 24.2. The number of methoxy groups -OCH3 is 1. The fourth-order valence-corrected chi connectivity index (χ4v) is 4.24. The van der Waals surface area contributed by atoms with Crippen molar-refractivity contribution in [1.29, 1.82) is 0 Å². The van der Waals surface area contributed by atoms with Gasteiger partial charge in [-0.1, -0.05) is 18.2 Å². The van der Waals surface area contributed by atoms with Gasteiger partial charge in [0.05, 0.1) is 36.9 Å². The maximum atomic E-state index is 14.3. The number of rotatable bonds is 9. The molecule has 3 aromatic rings. The second kappa shape index (κ2) is 10.0. The van der Waals surface area contributed by atoms with Crippen molar-refractivity contribution in [2.75, 3.05) is 36.8 Å². The van der Waals surface area contributed by atoms with Crippen LogP contribution in [-0.4, -0.2) is 44.1 Å². The summed E-state index contributed by atoms with van der Waals surface area (Å²) in [6, 6.07) is 8.90. The van der Waals surface area contributed by atoms with E-state index in [4.69, 9.17) is 15.2 Å². The molecule has 0 bridgehead atoms. The molecule has 2 aromatic heterocycles. The summed E-state index contributed by atoms with van der Waals surface area (Å²) in [7, 11) is -1.91. The molecule has 0 aliphatic heterocycles. The van der Waals surface area contributed by atoms with Crippen molar-refractivity contribution < 1.29 is 22.3 Å². The highest BCUT2D eigenvalue weighted by molar-refractivity contribution is 7.90. The summed E-state index contributed by atoms with van der Waals surface area (Å²) in [4.78, 5) is 8.81. The van der Waals surface area contributed by atoms with E-state index in [1.807, 2.05) is 6.92 Å². The summed E-state index contributed by atoms with van der Waals surface area (Å²) in [6.45, 7) is 3.93. The first-order valence-corrected chi connectivity index (χ1v) is 12.3. The van der Waals surface area contributed by atoms with Crippen LogP contribution in [0.3, 0.4) is 0 Å². The van der Waals surface area contributed by atoms with Crippen LogP contribution in [0.2, 0.25) is 0 Å². The molecule has 176 valence electrons. The van der Waals surface area contributed by atoms with Crippen LogP contribution in [0.1, 0.15) is 24.2 Å². The number of hydrogen-bond donors (Lipinski definition) is 2. The summed E-state index contributed by atoms with van der Waals surface area (Å²) in [6.07, 6.45) is 2.65. The molecule has 0 saturated heterocycles. The highest BCUT2D eigenvalue weighted by atomic mass is 32.2. The lowest BCUT2D eigenvalue weighted by molar-refractivity contribution is 0.297. The van der Waals surface area contributed by atoms with Crippen LogP contribution in [0.5, 0.6) is 11.6 Å². The number of nitrogens with one attached hydrogen (secondary N) is 1. The molecule has 10 heteroatoms. The van der Waals surface area contributed by atoms with E-state index in [2.05, 4.69) is 15.3 Å². The lowest BCUT2D eigenvalue weighted by atomic mass is 10.0. The van der Waals surface area contributed by atoms with Crippen LogP contribution in [0, 0.1) is 12.7 Å². The lowest BCUT2D eigenvalue weighted by Gasteiger charge is -2.21. The SMILES string of the molecule is CCOc1nc(C(CS(C)(=O)=O)Nc2ncc(-c3ccccc3F)c(C)c2N)ccc1OC. The molecule has 1 unspecified atom stereocenters. The van der Waals surface area contributed by atoms with Gasteiger partial charge in [0.25, 0.3) is 5.88 Å². The normalized spacial score (nSPS) is 12.3. The second-order valence-electron chi connectivity index (χ2n) is 7.50. The van der Waals surface area contributed by atoms with Crippen molar-refractivity contribution in [2.24, 2.45) is 0 Å². The predicted octanol–water partition coefficient (Wildman–Crippen LogP) is 3.78. The van der Waals surface area contributed by atoms with E-state index in [-0.39, 0.29) is 29.0 Å². The summed E-state index contributed by atoms with van der Waals surface area (Å²) in [5.41, 5.74) is 8.58. The maximum absolute atomic E-state index is 14.3. The first kappa shape index (κ1) is 24.2. The average Bonchev–Trinajstić information content (AvgIpc) is 2.76. The van der Waals surface area contributed by atoms with Crippen LogP contribution in [-0.2, 0) is 9.84 Å². The average molecular weight is 475 g/mol. The van der Waals surface area contributed by atoms with Gasteiger partial charge < -0.3 is 20.5 Å². The Morgan fingerprint density at radius 3 is 2.55 bits per heavy atom. The summed E-state index contributed by atoms with van der Waals surface area (Å²) in [5, 5.41) is 3.09. The van der Waals surface area contributed by atoms with Crippen LogP contribution in [0.25, 0.3) is 11.1 Å². The molecular formula is C23H27FN4O4S. The van der Waals surface area contributed by atoms with Crippen LogP contribution >= 0.6 is 0 Å². The van der Waals surface area contributed by atoms with Gasteiger partial charge in [0, 0.05) is 23.6 Å². The van der Waals surface area contributed by atoms with Gasteiger partial charge in [-0.2, -0.15) is 0 Å². The van der Waals surface area contributed by atoms with Crippen LogP contribution in [0.15, 0.2) is 42.6 Å². The van der Waals surface area contributed by atoms with E-state index in [1.165, 1.54) is 19.4 Å². The third-order valence-electron chi connectivity index (χ3n) is 5.04. The lowest BCUT2D eigenvalue weighted by Crippen LogP contribution is -2.23. The van der Waals surface area contributed by atoms with Gasteiger partial charge in [0.2, 0.25) is 0 Å². The topological polar surface area (TPSA) is 116 Å². The number of anilines is 2. The van der Waals surface area contributed by atoms with Gasteiger partial charge in [0.1, 0.15) is 21.5 Å². The van der Waals surface area contributed by atoms with E-state index >= 15 is 0 Å². The number of hydrogen-bond acceptors (Lipinski definition) is 8. The molecule has 2 heterocycles. The molecule has 0 spiro atoms. The maximum Gasteiger partial charge on any atom is 0.257 e. The standard InChI is InChI=1S/C23H27FN4O4S/c1-5-32-23-20(31-3)11-10-18(28-23)19(13-33(4,29)30)27-22-21(25)14(2)16(12-26-22)15-8-6-7-9-17(15)24/h6-12,19H,5,13,25H2,1-4H3,(H,26,27).